The third-order valence-corrected chi connectivity index (χ3v) is 8.48. The molecule has 4 saturated carbocycles. The number of fused-ring (bicyclic) bond motifs is 2. The summed E-state index contributed by atoms with van der Waals surface area (Å²) in [6.45, 7) is 3.72. The zero-order valence-corrected chi connectivity index (χ0v) is 18.9. The number of amides is 1. The molecule has 0 spiro atoms. The minimum Gasteiger partial charge on any atom is -0.382 e. The molecule has 2 aromatic heterocycles. The smallest absolute Gasteiger partial charge is 0.252 e. The number of carbonyl (C=O) groups is 1. The molecule has 176 valence electrons. The molecule has 4 heterocycles. The normalized spacial score (nSPS) is 42.7. The van der Waals surface area contributed by atoms with Crippen molar-refractivity contribution in [2.75, 3.05) is 5.73 Å². The summed E-state index contributed by atoms with van der Waals surface area (Å²) < 4.78 is 20.5. The van der Waals surface area contributed by atoms with Gasteiger partial charge < -0.3 is 25.3 Å². The van der Waals surface area contributed by atoms with Gasteiger partial charge in [-0.05, 0) is 69.6 Å². The molecule has 4 aliphatic carbocycles. The fraction of sp³-hybridized carbons (Fsp3) is 0.739. The number of anilines is 1. The third kappa shape index (κ3) is 3.03. The molecule has 10 heteroatoms. The van der Waals surface area contributed by atoms with Crippen molar-refractivity contribution in [2.24, 2.45) is 23.7 Å². The molecule has 0 unspecified atom stereocenters. The van der Waals surface area contributed by atoms with E-state index in [0.717, 1.165) is 11.8 Å². The molecule has 2 saturated heterocycles. The Hall–Kier alpha value is -2.30. The van der Waals surface area contributed by atoms with Crippen LogP contribution in [0.5, 0.6) is 0 Å². The van der Waals surface area contributed by atoms with E-state index in [-0.39, 0.29) is 11.9 Å². The molecule has 1 amide bonds. The maximum Gasteiger partial charge on any atom is 0.252 e. The van der Waals surface area contributed by atoms with E-state index in [1.165, 1.54) is 38.4 Å². The maximum absolute atomic E-state index is 13.6. The number of nitrogens with two attached hydrogens (primary N) is 1. The zero-order valence-electron chi connectivity index (χ0n) is 18.9. The van der Waals surface area contributed by atoms with Crippen molar-refractivity contribution in [3.8, 4) is 0 Å². The van der Waals surface area contributed by atoms with Gasteiger partial charge in [0.2, 0.25) is 0 Å². The second-order valence-corrected chi connectivity index (χ2v) is 11.1. The summed E-state index contributed by atoms with van der Waals surface area (Å²) in [6.07, 6.45) is 7.01. The van der Waals surface area contributed by atoms with Gasteiger partial charge in [0.25, 0.3) is 5.91 Å². The number of hydrogen-bond acceptors (Lipinski definition) is 8. The Bertz CT molecular complexity index is 1090. The van der Waals surface area contributed by atoms with Crippen molar-refractivity contribution < 1.29 is 19.0 Å². The fourth-order valence-corrected chi connectivity index (χ4v) is 7.48. The first-order valence-corrected chi connectivity index (χ1v) is 12.1. The van der Waals surface area contributed by atoms with Crippen LogP contribution in [0.25, 0.3) is 11.2 Å². The number of nitrogens with zero attached hydrogens (tertiary/aromatic N) is 4. The van der Waals surface area contributed by atoms with E-state index in [0.29, 0.717) is 28.8 Å². The van der Waals surface area contributed by atoms with Crippen molar-refractivity contribution in [2.45, 2.75) is 82.3 Å². The molecule has 6 fully saturated rings. The third-order valence-electron chi connectivity index (χ3n) is 8.48. The van der Waals surface area contributed by atoms with E-state index in [4.69, 9.17) is 19.9 Å². The van der Waals surface area contributed by atoms with Crippen LogP contribution in [-0.4, -0.2) is 55.6 Å². The van der Waals surface area contributed by atoms with Gasteiger partial charge in [0.1, 0.15) is 24.1 Å². The topological polar surface area (TPSA) is 126 Å². The summed E-state index contributed by atoms with van der Waals surface area (Å²) in [5, 5.41) is 3.39. The van der Waals surface area contributed by atoms with E-state index < -0.39 is 30.3 Å². The molecule has 3 N–H and O–H groups in total. The van der Waals surface area contributed by atoms with Crippen molar-refractivity contribution in [1.82, 2.24) is 24.8 Å². The van der Waals surface area contributed by atoms with Crippen molar-refractivity contribution in [3.63, 3.8) is 0 Å². The van der Waals surface area contributed by atoms with Gasteiger partial charge in [-0.1, -0.05) is 0 Å². The van der Waals surface area contributed by atoms with E-state index in [1.54, 1.807) is 10.9 Å². The lowest BCUT2D eigenvalue weighted by molar-refractivity contribution is -0.198. The van der Waals surface area contributed by atoms with Crippen LogP contribution >= 0.6 is 0 Å². The summed E-state index contributed by atoms with van der Waals surface area (Å²) in [6, 6.07) is 0.239. The monoisotopic (exact) mass is 454 g/mol. The number of hydrogen-bond donors (Lipinski definition) is 2. The van der Waals surface area contributed by atoms with Crippen LogP contribution < -0.4 is 11.1 Å². The Labute approximate surface area is 191 Å². The molecule has 0 aromatic carbocycles. The van der Waals surface area contributed by atoms with Gasteiger partial charge in [-0.3, -0.25) is 9.36 Å². The number of carbonyl (C=O) groups excluding carboxylic acids is 1. The van der Waals surface area contributed by atoms with Crippen LogP contribution in [0.1, 0.15) is 52.2 Å². The SMILES string of the molecule is CC1(C)O[C@@H]2[C@H](O1)[C@@H](C(=O)NC1C3CC4CC(C3)CC1C4)O[C@H]2n1cnc2c(N)ncnc21. The Morgan fingerprint density at radius 2 is 1.76 bits per heavy atom. The van der Waals surface area contributed by atoms with E-state index in [9.17, 15) is 4.79 Å². The highest BCUT2D eigenvalue weighted by atomic mass is 16.8. The lowest BCUT2D eigenvalue weighted by atomic mass is 9.54. The van der Waals surface area contributed by atoms with Crippen molar-refractivity contribution >= 4 is 22.9 Å². The molecule has 6 aliphatic rings. The zero-order chi connectivity index (χ0) is 22.5. The summed E-state index contributed by atoms with van der Waals surface area (Å²) in [5.74, 6) is 2.27. The quantitative estimate of drug-likeness (QED) is 0.719. The number of nitrogen functional groups attached to an aromatic ring is 1. The van der Waals surface area contributed by atoms with Crippen LogP contribution in [-0.2, 0) is 19.0 Å². The van der Waals surface area contributed by atoms with Crippen LogP contribution in [0.3, 0.4) is 0 Å². The van der Waals surface area contributed by atoms with Crippen LogP contribution in [0.2, 0.25) is 0 Å². The summed E-state index contributed by atoms with van der Waals surface area (Å²) in [5.41, 5.74) is 7.01. The lowest BCUT2D eigenvalue weighted by Crippen LogP contribution is -2.58. The number of imidazole rings is 1. The van der Waals surface area contributed by atoms with Crippen LogP contribution in [0, 0.1) is 23.7 Å². The molecule has 0 radical (unpaired) electrons. The molecule has 8 rings (SSSR count). The van der Waals surface area contributed by atoms with E-state index in [1.807, 2.05) is 13.8 Å². The fourth-order valence-electron chi connectivity index (χ4n) is 7.48. The summed E-state index contributed by atoms with van der Waals surface area (Å²) in [7, 11) is 0. The predicted molar refractivity (Wildman–Crippen MR) is 116 cm³/mol. The van der Waals surface area contributed by atoms with Gasteiger partial charge in [0.05, 0.1) is 6.33 Å². The van der Waals surface area contributed by atoms with Gasteiger partial charge in [-0.15, -0.1) is 0 Å². The number of ether oxygens (including phenoxy) is 3. The second kappa shape index (κ2) is 6.86. The van der Waals surface area contributed by atoms with Gasteiger partial charge >= 0.3 is 0 Å². The first-order valence-electron chi connectivity index (χ1n) is 12.1. The molecule has 2 aromatic rings. The van der Waals surface area contributed by atoms with Crippen molar-refractivity contribution in [1.29, 1.82) is 0 Å². The molecule has 33 heavy (non-hydrogen) atoms. The predicted octanol–water partition coefficient (Wildman–Crippen LogP) is 1.77. The Kier molecular flexibility index (Phi) is 4.18. The Morgan fingerprint density at radius 1 is 1.06 bits per heavy atom. The highest BCUT2D eigenvalue weighted by Gasteiger charge is 2.59. The van der Waals surface area contributed by atoms with Crippen LogP contribution in [0.4, 0.5) is 5.82 Å². The average Bonchev–Trinajstić information content (AvgIpc) is 3.41. The number of nitrogens with one attached hydrogen (secondary N) is 1. The molecule has 4 atom stereocenters. The standard InChI is InChI=1S/C23H30N6O4/c1-23(2)32-16-17(21(30)28-14-12-4-10-3-11(6-12)7-13(14)5-10)31-22(18(16)33-23)29-9-27-15-19(24)25-8-26-20(15)29/h8-14,16-18,22H,3-7H2,1-2H3,(H,28,30)(H2,24,25,26)/t10?,11?,12?,13?,14?,16-,17+,18-,22-/m1/s1. The molecule has 2 aliphatic heterocycles. The first-order chi connectivity index (χ1) is 15.9. The first kappa shape index (κ1) is 20.1. The molecule has 4 bridgehead atoms. The number of aromatic nitrogens is 4. The Morgan fingerprint density at radius 3 is 2.48 bits per heavy atom. The van der Waals surface area contributed by atoms with Gasteiger partial charge in [-0.25, -0.2) is 15.0 Å². The highest BCUT2D eigenvalue weighted by molar-refractivity contribution is 5.83. The average molecular weight is 455 g/mol. The minimum absolute atomic E-state index is 0.107. The minimum atomic E-state index is -0.817. The highest BCUT2D eigenvalue weighted by Crippen LogP contribution is 2.54. The van der Waals surface area contributed by atoms with E-state index >= 15 is 0 Å². The molecular weight excluding hydrogens is 424 g/mol. The largest absolute Gasteiger partial charge is 0.382 e. The lowest BCUT2D eigenvalue weighted by Gasteiger charge is -2.54. The summed E-state index contributed by atoms with van der Waals surface area (Å²) >= 11 is 0. The molecule has 10 nitrogen and oxygen atoms in total. The maximum atomic E-state index is 13.6. The van der Waals surface area contributed by atoms with Gasteiger partial charge in [0.15, 0.2) is 29.6 Å². The van der Waals surface area contributed by atoms with Crippen LogP contribution in [0.15, 0.2) is 12.7 Å². The molecular formula is C23H30N6O4. The number of rotatable bonds is 3. The Balaban J connectivity index is 1.17. The van der Waals surface area contributed by atoms with E-state index in [2.05, 4.69) is 20.3 Å². The van der Waals surface area contributed by atoms with Crippen molar-refractivity contribution in [3.05, 3.63) is 12.7 Å². The second-order valence-electron chi connectivity index (χ2n) is 11.1. The summed E-state index contributed by atoms with van der Waals surface area (Å²) in [4.78, 5) is 26.3. The van der Waals surface area contributed by atoms with Gasteiger partial charge in [0, 0.05) is 6.04 Å². The van der Waals surface area contributed by atoms with Gasteiger partial charge in [-0.2, -0.15) is 0 Å².